The normalized spacial score (nSPS) is 14.3. The summed E-state index contributed by atoms with van der Waals surface area (Å²) in [5, 5.41) is 17.4. The first-order chi connectivity index (χ1) is 16.7. The molecule has 11 nitrogen and oxygen atoms in total. The standard InChI is InChI=1S/C23H32N6O5S/c1-14(24)20(30)27-17(8-9-35-2)21(31)28-18(10-15-6-4-3-5-7-15)22(32)29-19(23(33)34)11-16-12-25-13-26-16/h3-7,12-14,17-19H,8-11,24H2,1-2H3,(H,25,26)(H,27,30)(H,28,31)(H,29,32)(H,33,34). The topological polar surface area (TPSA) is 179 Å². The Morgan fingerprint density at radius 3 is 2.20 bits per heavy atom. The van der Waals surface area contributed by atoms with E-state index in [1.807, 2.05) is 12.3 Å². The number of amides is 3. The molecule has 0 aliphatic carbocycles. The van der Waals surface area contributed by atoms with Gasteiger partial charge in [0.05, 0.1) is 12.4 Å². The van der Waals surface area contributed by atoms with Crippen molar-refractivity contribution in [2.45, 2.75) is 50.4 Å². The molecule has 1 heterocycles. The summed E-state index contributed by atoms with van der Waals surface area (Å²) in [6.45, 7) is 1.51. The number of benzene rings is 1. The third-order valence-corrected chi connectivity index (χ3v) is 5.81. The molecular weight excluding hydrogens is 472 g/mol. The smallest absolute Gasteiger partial charge is 0.326 e. The number of nitrogens with two attached hydrogens (primary N) is 1. The Hall–Kier alpha value is -3.38. The lowest BCUT2D eigenvalue weighted by molar-refractivity contribution is -0.142. The van der Waals surface area contributed by atoms with Crippen molar-refractivity contribution in [1.82, 2.24) is 25.9 Å². The summed E-state index contributed by atoms with van der Waals surface area (Å²) in [4.78, 5) is 56.8. The van der Waals surface area contributed by atoms with Gasteiger partial charge in [0, 0.05) is 24.7 Å². The van der Waals surface area contributed by atoms with E-state index in [-0.39, 0.29) is 12.8 Å². The molecular formula is C23H32N6O5S. The van der Waals surface area contributed by atoms with Gasteiger partial charge in [-0.3, -0.25) is 14.4 Å². The number of carbonyl (C=O) groups is 4. The van der Waals surface area contributed by atoms with Crippen molar-refractivity contribution in [2.24, 2.45) is 5.73 Å². The number of carboxylic acids is 1. The number of carbonyl (C=O) groups excluding carboxylic acids is 3. The molecule has 3 amide bonds. The molecule has 2 rings (SSSR count). The fourth-order valence-electron chi connectivity index (χ4n) is 3.23. The third kappa shape index (κ3) is 9.41. The van der Waals surface area contributed by atoms with E-state index >= 15 is 0 Å². The lowest BCUT2D eigenvalue weighted by Crippen LogP contribution is -2.57. The maximum absolute atomic E-state index is 13.2. The van der Waals surface area contributed by atoms with Crippen LogP contribution in [0.1, 0.15) is 24.6 Å². The summed E-state index contributed by atoms with van der Waals surface area (Å²) in [7, 11) is 0. The molecule has 190 valence electrons. The zero-order valence-electron chi connectivity index (χ0n) is 19.7. The minimum atomic E-state index is -1.23. The molecule has 12 heteroatoms. The van der Waals surface area contributed by atoms with Crippen LogP contribution in [0.4, 0.5) is 0 Å². The number of hydrogen-bond donors (Lipinski definition) is 6. The zero-order valence-corrected chi connectivity index (χ0v) is 20.5. The van der Waals surface area contributed by atoms with Gasteiger partial charge in [-0.25, -0.2) is 9.78 Å². The number of rotatable bonds is 14. The Bertz CT molecular complexity index is 970. The van der Waals surface area contributed by atoms with Gasteiger partial charge in [-0.1, -0.05) is 30.3 Å². The van der Waals surface area contributed by atoms with Gasteiger partial charge in [0.15, 0.2) is 0 Å². The van der Waals surface area contributed by atoms with Crippen molar-refractivity contribution >= 4 is 35.5 Å². The van der Waals surface area contributed by atoms with Crippen LogP contribution < -0.4 is 21.7 Å². The van der Waals surface area contributed by atoms with Crippen molar-refractivity contribution < 1.29 is 24.3 Å². The monoisotopic (exact) mass is 504 g/mol. The van der Waals surface area contributed by atoms with E-state index in [1.165, 1.54) is 31.2 Å². The molecule has 0 bridgehead atoms. The lowest BCUT2D eigenvalue weighted by Gasteiger charge is -2.25. The van der Waals surface area contributed by atoms with Crippen LogP contribution in [0.5, 0.6) is 0 Å². The first kappa shape index (κ1) is 27.9. The molecule has 0 spiro atoms. The van der Waals surface area contributed by atoms with E-state index in [2.05, 4.69) is 25.9 Å². The first-order valence-electron chi connectivity index (χ1n) is 11.1. The Labute approximate surface area is 208 Å². The van der Waals surface area contributed by atoms with Gasteiger partial charge < -0.3 is 31.8 Å². The molecule has 0 aliphatic heterocycles. The Morgan fingerprint density at radius 2 is 1.63 bits per heavy atom. The molecule has 4 atom stereocenters. The predicted molar refractivity (Wildman–Crippen MR) is 133 cm³/mol. The highest BCUT2D eigenvalue weighted by Crippen LogP contribution is 2.08. The van der Waals surface area contributed by atoms with Crippen LogP contribution in [0.2, 0.25) is 0 Å². The minimum absolute atomic E-state index is 0.00608. The van der Waals surface area contributed by atoms with Gasteiger partial charge in [-0.05, 0) is 30.9 Å². The van der Waals surface area contributed by atoms with Crippen molar-refractivity contribution in [3.63, 3.8) is 0 Å². The van der Waals surface area contributed by atoms with E-state index < -0.39 is 47.9 Å². The van der Waals surface area contributed by atoms with Crippen LogP contribution in [0.25, 0.3) is 0 Å². The maximum Gasteiger partial charge on any atom is 0.326 e. The Balaban J connectivity index is 2.21. The number of thioether (sulfide) groups is 1. The SMILES string of the molecule is CSCCC(NC(=O)C(C)N)C(=O)NC(Cc1ccccc1)C(=O)NC(Cc1cnc[nH]1)C(=O)O. The quantitative estimate of drug-likeness (QED) is 0.205. The molecule has 1 aromatic heterocycles. The third-order valence-electron chi connectivity index (χ3n) is 5.17. The molecule has 2 aromatic rings. The van der Waals surface area contributed by atoms with Gasteiger partial charge >= 0.3 is 5.97 Å². The maximum atomic E-state index is 13.2. The van der Waals surface area contributed by atoms with Crippen LogP contribution in [0.15, 0.2) is 42.9 Å². The second kappa shape index (κ2) is 14.1. The van der Waals surface area contributed by atoms with Crippen molar-refractivity contribution in [1.29, 1.82) is 0 Å². The summed E-state index contributed by atoms with van der Waals surface area (Å²) >= 11 is 1.51. The number of nitrogens with one attached hydrogen (secondary N) is 4. The number of aromatic amines is 1. The van der Waals surface area contributed by atoms with E-state index in [0.29, 0.717) is 17.9 Å². The number of aliphatic carboxylic acids is 1. The number of H-pyrrole nitrogens is 1. The lowest BCUT2D eigenvalue weighted by atomic mass is 10.0. The zero-order chi connectivity index (χ0) is 25.8. The molecule has 4 unspecified atom stereocenters. The van der Waals surface area contributed by atoms with Crippen LogP contribution in [0, 0.1) is 0 Å². The van der Waals surface area contributed by atoms with Gasteiger partial charge in [-0.15, -0.1) is 0 Å². The second-order valence-corrected chi connectivity index (χ2v) is 9.05. The number of nitrogens with zero attached hydrogens (tertiary/aromatic N) is 1. The van der Waals surface area contributed by atoms with Crippen LogP contribution >= 0.6 is 11.8 Å². The van der Waals surface area contributed by atoms with Crippen molar-refractivity contribution in [2.75, 3.05) is 12.0 Å². The highest BCUT2D eigenvalue weighted by molar-refractivity contribution is 7.98. The molecule has 0 aliphatic rings. The largest absolute Gasteiger partial charge is 0.480 e. The fraction of sp³-hybridized carbons (Fsp3) is 0.435. The molecule has 0 radical (unpaired) electrons. The average Bonchev–Trinajstić information content (AvgIpc) is 3.34. The first-order valence-corrected chi connectivity index (χ1v) is 12.5. The molecule has 35 heavy (non-hydrogen) atoms. The van der Waals surface area contributed by atoms with Crippen LogP contribution in [-0.4, -0.2) is 74.9 Å². The highest BCUT2D eigenvalue weighted by atomic mass is 32.2. The predicted octanol–water partition coefficient (Wildman–Crippen LogP) is -0.166. The van der Waals surface area contributed by atoms with Crippen molar-refractivity contribution in [3.05, 3.63) is 54.1 Å². The van der Waals surface area contributed by atoms with Gasteiger partial charge in [-0.2, -0.15) is 11.8 Å². The average molecular weight is 505 g/mol. The highest BCUT2D eigenvalue weighted by Gasteiger charge is 2.30. The summed E-state index contributed by atoms with van der Waals surface area (Å²) in [5.41, 5.74) is 6.94. The summed E-state index contributed by atoms with van der Waals surface area (Å²) < 4.78 is 0. The van der Waals surface area contributed by atoms with Crippen molar-refractivity contribution in [3.8, 4) is 0 Å². The number of aromatic nitrogens is 2. The second-order valence-electron chi connectivity index (χ2n) is 8.06. The molecule has 0 saturated heterocycles. The fourth-order valence-corrected chi connectivity index (χ4v) is 3.70. The van der Waals surface area contributed by atoms with E-state index in [0.717, 1.165) is 5.56 Å². The van der Waals surface area contributed by atoms with Crippen LogP contribution in [0.3, 0.4) is 0 Å². The molecule has 0 fully saturated rings. The van der Waals surface area contributed by atoms with Gasteiger partial charge in [0.1, 0.15) is 18.1 Å². The number of imidazole rings is 1. The van der Waals surface area contributed by atoms with E-state index in [1.54, 1.807) is 24.3 Å². The molecule has 1 aromatic carbocycles. The van der Waals surface area contributed by atoms with E-state index in [9.17, 15) is 24.3 Å². The minimum Gasteiger partial charge on any atom is -0.480 e. The Morgan fingerprint density at radius 1 is 1.00 bits per heavy atom. The summed E-state index contributed by atoms with van der Waals surface area (Å²) in [6, 6.07) is 5.02. The summed E-state index contributed by atoms with van der Waals surface area (Å²) in [6.07, 6.45) is 5.23. The number of hydrogen-bond acceptors (Lipinski definition) is 7. The van der Waals surface area contributed by atoms with Crippen LogP contribution in [-0.2, 0) is 32.0 Å². The molecule has 7 N–H and O–H groups in total. The number of carboxylic acid groups (broad SMARTS) is 1. The van der Waals surface area contributed by atoms with Gasteiger partial charge in [0.2, 0.25) is 17.7 Å². The van der Waals surface area contributed by atoms with E-state index in [4.69, 9.17) is 5.73 Å². The van der Waals surface area contributed by atoms with Gasteiger partial charge in [0.25, 0.3) is 0 Å². The molecule has 0 saturated carbocycles. The Kier molecular flexibility index (Phi) is 11.2. The summed E-state index contributed by atoms with van der Waals surface area (Å²) in [5.74, 6) is -2.32.